The lowest BCUT2D eigenvalue weighted by Crippen LogP contribution is -2.56. The zero-order chi connectivity index (χ0) is 14.9. The number of nitrogens with one attached hydrogen (secondary N) is 3. The average molecular weight is 293 g/mol. The molecule has 4 nitrogen and oxygen atoms in total. The van der Waals surface area contributed by atoms with Crippen molar-refractivity contribution in [2.75, 3.05) is 26.2 Å². The van der Waals surface area contributed by atoms with Gasteiger partial charge in [-0.1, -0.05) is 26.7 Å². The van der Waals surface area contributed by atoms with Crippen molar-refractivity contribution < 1.29 is 4.79 Å². The van der Waals surface area contributed by atoms with E-state index in [1.54, 1.807) is 0 Å². The van der Waals surface area contributed by atoms with Crippen LogP contribution in [-0.2, 0) is 4.79 Å². The van der Waals surface area contributed by atoms with E-state index < -0.39 is 0 Å². The number of carbonyl (C=O) groups is 1. The van der Waals surface area contributed by atoms with Gasteiger partial charge in [0.15, 0.2) is 0 Å². The molecule has 1 amide bonds. The van der Waals surface area contributed by atoms with Gasteiger partial charge in [-0.15, -0.1) is 0 Å². The minimum absolute atomic E-state index is 0.114. The van der Waals surface area contributed by atoms with Crippen LogP contribution in [0.2, 0.25) is 0 Å². The first kappa shape index (κ1) is 15.3. The molecule has 2 aliphatic heterocycles. The molecular weight excluding hydrogens is 262 g/mol. The highest BCUT2D eigenvalue weighted by Crippen LogP contribution is 2.44. The Labute approximate surface area is 128 Å². The molecule has 0 aromatic heterocycles. The fourth-order valence-electron chi connectivity index (χ4n) is 4.68. The lowest BCUT2D eigenvalue weighted by atomic mass is 9.67. The molecule has 0 radical (unpaired) electrons. The van der Waals surface area contributed by atoms with Gasteiger partial charge in [-0.3, -0.25) is 4.79 Å². The normalized spacial score (nSPS) is 38.8. The van der Waals surface area contributed by atoms with E-state index in [0.29, 0.717) is 17.9 Å². The van der Waals surface area contributed by atoms with Crippen LogP contribution >= 0.6 is 0 Å². The highest BCUT2D eigenvalue weighted by atomic mass is 16.2. The molecule has 4 heteroatoms. The summed E-state index contributed by atoms with van der Waals surface area (Å²) in [4.78, 5) is 12.9. The van der Waals surface area contributed by atoms with Crippen molar-refractivity contribution in [2.45, 2.75) is 58.4 Å². The van der Waals surface area contributed by atoms with Crippen molar-refractivity contribution in [2.24, 2.45) is 16.7 Å². The molecule has 0 aromatic carbocycles. The summed E-state index contributed by atoms with van der Waals surface area (Å²) in [5, 5.41) is 10.4. The molecule has 120 valence electrons. The fourth-order valence-corrected chi connectivity index (χ4v) is 4.68. The quantitative estimate of drug-likeness (QED) is 0.742. The Bertz CT molecular complexity index is 395. The molecule has 3 rings (SSSR count). The van der Waals surface area contributed by atoms with Crippen LogP contribution in [0.3, 0.4) is 0 Å². The molecule has 1 saturated carbocycles. The van der Waals surface area contributed by atoms with Crippen LogP contribution < -0.4 is 16.0 Å². The molecule has 1 unspecified atom stereocenters. The highest BCUT2D eigenvalue weighted by Gasteiger charge is 2.49. The van der Waals surface area contributed by atoms with Crippen LogP contribution in [-0.4, -0.2) is 38.1 Å². The summed E-state index contributed by atoms with van der Waals surface area (Å²) in [5.74, 6) is 0.860. The molecule has 0 bridgehead atoms. The molecule has 2 saturated heterocycles. The summed E-state index contributed by atoms with van der Waals surface area (Å²) >= 11 is 0. The van der Waals surface area contributed by atoms with Gasteiger partial charge in [0.2, 0.25) is 5.91 Å². The van der Waals surface area contributed by atoms with E-state index in [-0.39, 0.29) is 10.8 Å². The topological polar surface area (TPSA) is 53.2 Å². The maximum atomic E-state index is 12.9. The van der Waals surface area contributed by atoms with Gasteiger partial charge in [-0.05, 0) is 50.1 Å². The Morgan fingerprint density at radius 1 is 1.24 bits per heavy atom. The highest BCUT2D eigenvalue weighted by molar-refractivity contribution is 5.84. The first-order chi connectivity index (χ1) is 10.0. The number of carbonyl (C=O) groups excluding carboxylic acids is 1. The number of hydrogen-bond donors (Lipinski definition) is 3. The van der Waals surface area contributed by atoms with Crippen molar-refractivity contribution >= 4 is 5.91 Å². The van der Waals surface area contributed by atoms with Crippen LogP contribution in [0.15, 0.2) is 0 Å². The predicted octanol–water partition coefficient (Wildman–Crippen LogP) is 1.66. The second-order valence-corrected chi connectivity index (χ2v) is 8.04. The Kier molecular flexibility index (Phi) is 4.28. The van der Waals surface area contributed by atoms with Crippen molar-refractivity contribution in [1.82, 2.24) is 16.0 Å². The summed E-state index contributed by atoms with van der Waals surface area (Å²) in [5.41, 5.74) is 0.167. The van der Waals surface area contributed by atoms with Crippen LogP contribution in [0.5, 0.6) is 0 Å². The van der Waals surface area contributed by atoms with E-state index in [1.807, 2.05) is 0 Å². The van der Waals surface area contributed by atoms with Crippen molar-refractivity contribution in [3.05, 3.63) is 0 Å². The Morgan fingerprint density at radius 3 is 2.90 bits per heavy atom. The van der Waals surface area contributed by atoms with Crippen molar-refractivity contribution in [3.8, 4) is 0 Å². The molecule has 0 aromatic rings. The first-order valence-corrected chi connectivity index (χ1v) is 8.77. The van der Waals surface area contributed by atoms with E-state index in [2.05, 4.69) is 29.8 Å². The third-order valence-corrected chi connectivity index (χ3v) is 6.29. The van der Waals surface area contributed by atoms with Crippen molar-refractivity contribution in [3.63, 3.8) is 0 Å². The zero-order valence-electron chi connectivity index (χ0n) is 13.6. The van der Waals surface area contributed by atoms with E-state index in [9.17, 15) is 4.79 Å². The molecule has 3 fully saturated rings. The number of hydrogen-bond acceptors (Lipinski definition) is 3. The van der Waals surface area contributed by atoms with Gasteiger partial charge in [-0.2, -0.15) is 0 Å². The number of amides is 1. The van der Waals surface area contributed by atoms with Gasteiger partial charge in [-0.25, -0.2) is 0 Å². The molecule has 2 heterocycles. The van der Waals surface area contributed by atoms with Gasteiger partial charge >= 0.3 is 0 Å². The van der Waals surface area contributed by atoms with Crippen LogP contribution in [0.25, 0.3) is 0 Å². The largest absolute Gasteiger partial charge is 0.354 e. The van der Waals surface area contributed by atoms with E-state index >= 15 is 0 Å². The SMILES string of the molecule is CC1(C)CCCNC1CNC(=O)[C@@]12CCCC[C@H]1CNC2. The minimum atomic E-state index is -0.114. The fraction of sp³-hybridized carbons (Fsp3) is 0.941. The van der Waals surface area contributed by atoms with Crippen molar-refractivity contribution in [1.29, 1.82) is 0 Å². The predicted molar refractivity (Wildman–Crippen MR) is 85.1 cm³/mol. The van der Waals surface area contributed by atoms with Crippen LogP contribution in [0.1, 0.15) is 52.4 Å². The standard InChI is InChI=1S/C17H31N3O/c1-16(2)7-5-9-19-14(16)11-20-15(21)17-8-4-3-6-13(17)10-18-12-17/h13-14,18-19H,3-12H2,1-2H3,(H,20,21)/t13-,14?,17+/m0/s1. The molecule has 0 spiro atoms. The molecule has 3 aliphatic rings. The summed E-state index contributed by atoms with van der Waals surface area (Å²) in [7, 11) is 0. The lowest BCUT2D eigenvalue weighted by molar-refractivity contribution is -0.134. The number of rotatable bonds is 3. The van der Waals surface area contributed by atoms with Gasteiger partial charge in [0.05, 0.1) is 5.41 Å². The molecule has 1 aliphatic carbocycles. The van der Waals surface area contributed by atoms with Gasteiger partial charge in [0.25, 0.3) is 0 Å². The minimum Gasteiger partial charge on any atom is -0.354 e. The second-order valence-electron chi connectivity index (χ2n) is 8.04. The first-order valence-electron chi connectivity index (χ1n) is 8.77. The smallest absolute Gasteiger partial charge is 0.227 e. The van der Waals surface area contributed by atoms with E-state index in [1.165, 1.54) is 32.1 Å². The number of fused-ring (bicyclic) bond motifs is 1. The Morgan fingerprint density at radius 2 is 2.10 bits per heavy atom. The molecule has 3 atom stereocenters. The number of piperidine rings is 1. The van der Waals surface area contributed by atoms with Crippen LogP contribution in [0.4, 0.5) is 0 Å². The van der Waals surface area contributed by atoms with Crippen LogP contribution in [0, 0.1) is 16.7 Å². The second kappa shape index (κ2) is 5.88. The summed E-state index contributed by atoms with van der Waals surface area (Å²) in [6.07, 6.45) is 7.27. The third-order valence-electron chi connectivity index (χ3n) is 6.29. The summed E-state index contributed by atoms with van der Waals surface area (Å²) in [6, 6.07) is 0.406. The Balaban J connectivity index is 1.61. The van der Waals surface area contributed by atoms with Gasteiger partial charge < -0.3 is 16.0 Å². The van der Waals surface area contributed by atoms with Gasteiger partial charge in [0.1, 0.15) is 0 Å². The van der Waals surface area contributed by atoms with E-state index in [4.69, 9.17) is 0 Å². The summed E-state index contributed by atoms with van der Waals surface area (Å²) in [6.45, 7) is 8.40. The summed E-state index contributed by atoms with van der Waals surface area (Å²) < 4.78 is 0. The molecular formula is C17H31N3O. The van der Waals surface area contributed by atoms with E-state index in [0.717, 1.165) is 32.6 Å². The average Bonchev–Trinajstić information content (AvgIpc) is 2.90. The molecule has 3 N–H and O–H groups in total. The lowest BCUT2D eigenvalue weighted by Gasteiger charge is -2.41. The maximum Gasteiger partial charge on any atom is 0.227 e. The third kappa shape index (κ3) is 2.85. The Hall–Kier alpha value is -0.610. The maximum absolute atomic E-state index is 12.9. The van der Waals surface area contributed by atoms with Gasteiger partial charge in [0, 0.05) is 19.1 Å². The molecule has 21 heavy (non-hydrogen) atoms. The zero-order valence-corrected chi connectivity index (χ0v) is 13.6. The monoisotopic (exact) mass is 293 g/mol.